The zero-order valence-electron chi connectivity index (χ0n) is 15.1. The molecule has 4 aromatic rings. The second kappa shape index (κ2) is 7.36. The first-order valence-electron chi connectivity index (χ1n) is 8.64. The summed E-state index contributed by atoms with van der Waals surface area (Å²) in [6.45, 7) is 3.85. The van der Waals surface area contributed by atoms with Gasteiger partial charge in [0.2, 0.25) is 0 Å². The number of aromatic nitrogens is 6. The molecule has 1 unspecified atom stereocenters. The Morgan fingerprint density at radius 1 is 1.17 bits per heavy atom. The van der Waals surface area contributed by atoms with Crippen LogP contribution in [0.2, 0.25) is 0 Å². The molecule has 0 aliphatic rings. The fourth-order valence-corrected chi connectivity index (χ4v) is 3.14. The van der Waals surface area contributed by atoms with Crippen LogP contribution in [0.5, 0.6) is 0 Å². The highest BCUT2D eigenvalue weighted by Crippen LogP contribution is 2.38. The van der Waals surface area contributed by atoms with E-state index in [-0.39, 0.29) is 17.7 Å². The van der Waals surface area contributed by atoms with Gasteiger partial charge in [-0.3, -0.25) is 5.10 Å². The van der Waals surface area contributed by atoms with E-state index in [0.717, 1.165) is 17.7 Å². The van der Waals surface area contributed by atoms with Gasteiger partial charge in [-0.25, -0.2) is 18.4 Å². The average Bonchev–Trinajstić information content (AvgIpc) is 3.41. The van der Waals surface area contributed by atoms with Crippen molar-refractivity contribution in [3.8, 4) is 11.3 Å². The maximum Gasteiger partial charge on any atom is 0.137 e. The minimum absolute atomic E-state index is 0.111. The van der Waals surface area contributed by atoms with Gasteiger partial charge in [0, 0.05) is 23.4 Å². The Balaban J connectivity index is 1.75. The summed E-state index contributed by atoms with van der Waals surface area (Å²) in [6, 6.07) is 10.1. The molecular formula is C20H16F2N6O. The lowest BCUT2D eigenvalue weighted by Crippen LogP contribution is -2.34. The Labute approximate surface area is 164 Å². The van der Waals surface area contributed by atoms with Gasteiger partial charge in [-0.1, -0.05) is 36.1 Å². The van der Waals surface area contributed by atoms with Crippen LogP contribution < -0.4 is 0 Å². The van der Waals surface area contributed by atoms with Crippen molar-refractivity contribution < 1.29 is 13.9 Å². The van der Waals surface area contributed by atoms with E-state index in [9.17, 15) is 13.9 Å². The fourth-order valence-electron chi connectivity index (χ4n) is 3.14. The van der Waals surface area contributed by atoms with Crippen molar-refractivity contribution in [1.82, 2.24) is 30.2 Å². The summed E-state index contributed by atoms with van der Waals surface area (Å²) in [5.74, 6) is -1.62. The van der Waals surface area contributed by atoms with Gasteiger partial charge in [-0.05, 0) is 23.3 Å². The highest BCUT2D eigenvalue weighted by atomic mass is 19.1. The van der Waals surface area contributed by atoms with Crippen LogP contribution in [0.1, 0.15) is 11.1 Å². The first kappa shape index (κ1) is 18.6. The largest absolute Gasteiger partial charge is 0.378 e. The Morgan fingerprint density at radius 2 is 1.97 bits per heavy atom. The van der Waals surface area contributed by atoms with E-state index in [0.29, 0.717) is 11.3 Å². The van der Waals surface area contributed by atoms with Crippen molar-refractivity contribution in [2.24, 2.45) is 0 Å². The molecule has 0 fully saturated rings. The molecule has 4 rings (SSSR count). The predicted octanol–water partition coefficient (Wildman–Crippen LogP) is 2.94. The van der Waals surface area contributed by atoms with Gasteiger partial charge >= 0.3 is 0 Å². The SMILES string of the molecule is C=C(c1ccc(-c2c[nH]nn2)cc1)C(O)(Cn1cncn1)c1ccc(F)cc1F. The number of rotatable bonds is 6. The summed E-state index contributed by atoms with van der Waals surface area (Å²) >= 11 is 0. The second-order valence-electron chi connectivity index (χ2n) is 6.49. The molecule has 1 atom stereocenters. The van der Waals surface area contributed by atoms with Gasteiger partial charge < -0.3 is 5.11 Å². The molecule has 0 aliphatic carbocycles. The van der Waals surface area contributed by atoms with E-state index in [1.807, 2.05) is 0 Å². The van der Waals surface area contributed by atoms with Crippen molar-refractivity contribution in [1.29, 1.82) is 0 Å². The van der Waals surface area contributed by atoms with E-state index in [1.165, 1.54) is 23.4 Å². The molecule has 0 spiro atoms. The summed E-state index contributed by atoms with van der Waals surface area (Å²) < 4.78 is 29.4. The quantitative estimate of drug-likeness (QED) is 0.525. The van der Waals surface area contributed by atoms with Crippen LogP contribution in [-0.4, -0.2) is 35.3 Å². The standard InChI is InChI=1S/C20H16F2N6O/c1-13(14-2-4-15(5-3-14)19-9-24-27-26-19)20(29,10-28-12-23-11-25-28)17-7-6-16(21)8-18(17)22/h2-9,11-12,29H,1,10H2,(H,24,26,27). The summed E-state index contributed by atoms with van der Waals surface area (Å²) in [4.78, 5) is 3.85. The minimum Gasteiger partial charge on any atom is -0.378 e. The lowest BCUT2D eigenvalue weighted by atomic mass is 9.82. The first-order chi connectivity index (χ1) is 14.0. The smallest absolute Gasteiger partial charge is 0.137 e. The zero-order valence-corrected chi connectivity index (χ0v) is 15.1. The Morgan fingerprint density at radius 3 is 2.59 bits per heavy atom. The van der Waals surface area contributed by atoms with Crippen LogP contribution in [0.3, 0.4) is 0 Å². The number of aromatic amines is 1. The van der Waals surface area contributed by atoms with Crippen LogP contribution in [0.4, 0.5) is 8.78 Å². The number of aliphatic hydroxyl groups is 1. The van der Waals surface area contributed by atoms with Crippen molar-refractivity contribution in [3.63, 3.8) is 0 Å². The summed E-state index contributed by atoms with van der Waals surface area (Å²) in [5, 5.41) is 25.8. The van der Waals surface area contributed by atoms with Crippen LogP contribution in [-0.2, 0) is 12.1 Å². The topological polar surface area (TPSA) is 92.5 Å². The van der Waals surface area contributed by atoms with Crippen LogP contribution in [0.15, 0.2) is 67.9 Å². The van der Waals surface area contributed by atoms with E-state index < -0.39 is 17.2 Å². The Hall–Kier alpha value is -3.72. The maximum absolute atomic E-state index is 14.6. The van der Waals surface area contributed by atoms with Crippen LogP contribution in [0, 0.1) is 11.6 Å². The van der Waals surface area contributed by atoms with Gasteiger partial charge in [0.05, 0.1) is 6.54 Å². The number of H-pyrrole nitrogens is 1. The predicted molar refractivity (Wildman–Crippen MR) is 101 cm³/mol. The summed E-state index contributed by atoms with van der Waals surface area (Å²) in [6.07, 6.45) is 4.35. The first-order valence-corrected chi connectivity index (χ1v) is 8.64. The van der Waals surface area contributed by atoms with Gasteiger partial charge in [-0.15, -0.1) is 5.10 Å². The summed E-state index contributed by atoms with van der Waals surface area (Å²) in [7, 11) is 0. The van der Waals surface area contributed by atoms with Crippen molar-refractivity contribution in [2.75, 3.05) is 0 Å². The van der Waals surface area contributed by atoms with Gasteiger partial charge in [0.1, 0.15) is 35.6 Å². The highest BCUT2D eigenvalue weighted by Gasteiger charge is 2.37. The van der Waals surface area contributed by atoms with Gasteiger partial charge in [0.25, 0.3) is 0 Å². The molecule has 2 aromatic heterocycles. The van der Waals surface area contributed by atoms with Crippen molar-refractivity contribution >= 4 is 5.57 Å². The molecule has 2 aromatic carbocycles. The zero-order chi connectivity index (χ0) is 20.4. The Kier molecular flexibility index (Phi) is 4.73. The lowest BCUT2D eigenvalue weighted by molar-refractivity contribution is 0.0726. The third-order valence-electron chi connectivity index (χ3n) is 4.68. The highest BCUT2D eigenvalue weighted by molar-refractivity contribution is 5.74. The third-order valence-corrected chi connectivity index (χ3v) is 4.68. The van der Waals surface area contributed by atoms with Gasteiger partial charge in [0.15, 0.2) is 0 Å². The molecule has 146 valence electrons. The van der Waals surface area contributed by atoms with E-state index in [4.69, 9.17) is 0 Å². The second-order valence-corrected chi connectivity index (χ2v) is 6.49. The molecule has 0 bridgehead atoms. The molecule has 0 saturated carbocycles. The molecule has 0 aliphatic heterocycles. The molecule has 0 amide bonds. The summed E-state index contributed by atoms with van der Waals surface area (Å²) in [5.41, 5.74) is 0.266. The van der Waals surface area contributed by atoms with E-state index in [2.05, 4.69) is 32.1 Å². The number of nitrogens with zero attached hydrogens (tertiary/aromatic N) is 5. The monoisotopic (exact) mass is 394 g/mol. The fraction of sp³-hybridized carbons (Fsp3) is 0.100. The molecule has 0 radical (unpaired) electrons. The van der Waals surface area contributed by atoms with Crippen molar-refractivity contribution in [2.45, 2.75) is 12.1 Å². The molecule has 2 heterocycles. The molecule has 7 nitrogen and oxygen atoms in total. The molecular weight excluding hydrogens is 378 g/mol. The van der Waals surface area contributed by atoms with Crippen LogP contribution >= 0.6 is 0 Å². The van der Waals surface area contributed by atoms with E-state index in [1.54, 1.807) is 30.5 Å². The lowest BCUT2D eigenvalue weighted by Gasteiger charge is -2.31. The molecule has 9 heteroatoms. The van der Waals surface area contributed by atoms with Crippen LogP contribution in [0.25, 0.3) is 16.8 Å². The number of hydrogen-bond donors (Lipinski definition) is 2. The Bertz CT molecular complexity index is 1130. The molecule has 0 saturated heterocycles. The number of hydrogen-bond acceptors (Lipinski definition) is 5. The van der Waals surface area contributed by atoms with Gasteiger partial charge in [-0.2, -0.15) is 5.10 Å². The maximum atomic E-state index is 14.6. The number of benzene rings is 2. The number of halogens is 2. The van der Waals surface area contributed by atoms with Crippen molar-refractivity contribution in [3.05, 3.63) is 90.7 Å². The number of nitrogens with one attached hydrogen (secondary N) is 1. The third kappa shape index (κ3) is 3.55. The normalized spacial score (nSPS) is 13.2. The molecule has 2 N–H and O–H groups in total. The molecule has 29 heavy (non-hydrogen) atoms. The average molecular weight is 394 g/mol. The van der Waals surface area contributed by atoms with E-state index >= 15 is 0 Å². The minimum atomic E-state index is -1.89.